The molecule has 0 amide bonds. The molecule has 0 aliphatic rings. The molecular formula is C17H14N6O. The quantitative estimate of drug-likeness (QED) is 0.600. The van der Waals surface area contributed by atoms with Crippen LogP contribution in [0.15, 0.2) is 59.7 Å². The Morgan fingerprint density at radius 3 is 2.67 bits per heavy atom. The third-order valence-electron chi connectivity index (χ3n) is 3.75. The number of pyridine rings is 1. The van der Waals surface area contributed by atoms with E-state index in [1.54, 1.807) is 23.0 Å². The minimum absolute atomic E-state index is 0.239. The van der Waals surface area contributed by atoms with Gasteiger partial charge >= 0.3 is 5.69 Å². The van der Waals surface area contributed by atoms with Crippen molar-refractivity contribution >= 4 is 17.0 Å². The van der Waals surface area contributed by atoms with Crippen molar-refractivity contribution in [1.29, 1.82) is 0 Å². The van der Waals surface area contributed by atoms with Crippen LogP contribution in [0.5, 0.6) is 0 Å². The molecule has 118 valence electrons. The van der Waals surface area contributed by atoms with Crippen molar-refractivity contribution < 1.29 is 0 Å². The van der Waals surface area contributed by atoms with E-state index in [4.69, 9.17) is 5.73 Å². The molecule has 0 spiro atoms. The van der Waals surface area contributed by atoms with Crippen LogP contribution in [0.25, 0.3) is 22.6 Å². The number of imidazole rings is 1. The minimum atomic E-state index is -0.266. The number of hydrogen-bond acceptors (Lipinski definition) is 5. The van der Waals surface area contributed by atoms with Gasteiger partial charge in [-0.05, 0) is 17.7 Å². The van der Waals surface area contributed by atoms with Crippen molar-refractivity contribution in [2.24, 2.45) is 0 Å². The lowest BCUT2D eigenvalue weighted by molar-refractivity contribution is 0.778. The average Bonchev–Trinajstić information content (AvgIpc) is 2.93. The van der Waals surface area contributed by atoms with Gasteiger partial charge in [0.1, 0.15) is 5.52 Å². The number of nitrogen functional groups attached to an aromatic ring is 1. The number of nitrogens with two attached hydrogens (primary N) is 1. The van der Waals surface area contributed by atoms with Gasteiger partial charge in [0, 0.05) is 18.0 Å². The highest BCUT2D eigenvalue weighted by molar-refractivity contribution is 5.83. The van der Waals surface area contributed by atoms with Gasteiger partial charge in [0.15, 0.2) is 17.3 Å². The van der Waals surface area contributed by atoms with E-state index in [2.05, 4.69) is 19.9 Å². The van der Waals surface area contributed by atoms with Crippen LogP contribution in [0.3, 0.4) is 0 Å². The first-order valence-corrected chi connectivity index (χ1v) is 7.43. The molecule has 7 heteroatoms. The van der Waals surface area contributed by atoms with E-state index in [1.165, 1.54) is 0 Å². The number of nitrogens with one attached hydrogen (secondary N) is 1. The second-order valence-electron chi connectivity index (χ2n) is 5.37. The van der Waals surface area contributed by atoms with E-state index in [0.717, 1.165) is 11.1 Å². The third-order valence-corrected chi connectivity index (χ3v) is 3.75. The lowest BCUT2D eigenvalue weighted by Gasteiger charge is -2.05. The molecule has 4 aromatic rings. The van der Waals surface area contributed by atoms with Crippen molar-refractivity contribution in [1.82, 2.24) is 24.5 Å². The molecule has 0 saturated heterocycles. The molecular weight excluding hydrogens is 304 g/mol. The van der Waals surface area contributed by atoms with Gasteiger partial charge in [-0.2, -0.15) is 0 Å². The van der Waals surface area contributed by atoms with Crippen LogP contribution in [-0.4, -0.2) is 24.5 Å². The van der Waals surface area contributed by atoms with Gasteiger partial charge in [0.25, 0.3) is 0 Å². The maximum atomic E-state index is 12.3. The van der Waals surface area contributed by atoms with Gasteiger partial charge in [0.2, 0.25) is 0 Å². The summed E-state index contributed by atoms with van der Waals surface area (Å²) in [5, 5.41) is 0. The fourth-order valence-corrected chi connectivity index (χ4v) is 2.59. The second-order valence-corrected chi connectivity index (χ2v) is 5.37. The summed E-state index contributed by atoms with van der Waals surface area (Å²) in [6.07, 6.45) is 3.33. The Hall–Kier alpha value is -3.48. The summed E-state index contributed by atoms with van der Waals surface area (Å²) in [6.45, 7) is 0.405. The maximum absolute atomic E-state index is 12.3. The summed E-state index contributed by atoms with van der Waals surface area (Å²) < 4.78 is 1.56. The molecule has 0 fully saturated rings. The third kappa shape index (κ3) is 2.41. The molecule has 3 heterocycles. The average molecular weight is 318 g/mol. The Bertz CT molecular complexity index is 1050. The van der Waals surface area contributed by atoms with Gasteiger partial charge in [-0.3, -0.25) is 9.55 Å². The summed E-state index contributed by atoms with van der Waals surface area (Å²) in [6, 6.07) is 13.4. The minimum Gasteiger partial charge on any atom is -0.382 e. The Balaban J connectivity index is 1.90. The maximum Gasteiger partial charge on any atom is 0.328 e. The number of fused-ring (bicyclic) bond motifs is 1. The number of rotatable bonds is 3. The van der Waals surface area contributed by atoms with E-state index in [9.17, 15) is 4.79 Å². The van der Waals surface area contributed by atoms with Crippen molar-refractivity contribution in [3.05, 3.63) is 70.9 Å². The highest BCUT2D eigenvalue weighted by atomic mass is 16.1. The first-order chi connectivity index (χ1) is 11.7. The smallest absolute Gasteiger partial charge is 0.328 e. The molecule has 3 aromatic heterocycles. The zero-order valence-corrected chi connectivity index (χ0v) is 12.7. The van der Waals surface area contributed by atoms with E-state index in [-0.39, 0.29) is 11.5 Å². The Kier molecular flexibility index (Phi) is 3.31. The number of H-pyrrole nitrogens is 1. The first kappa shape index (κ1) is 14.1. The van der Waals surface area contributed by atoms with Gasteiger partial charge in [0.05, 0.1) is 6.54 Å². The van der Waals surface area contributed by atoms with Gasteiger partial charge in [-0.25, -0.2) is 14.8 Å². The van der Waals surface area contributed by atoms with E-state index in [0.29, 0.717) is 23.5 Å². The molecule has 0 unspecified atom stereocenters. The number of aromatic amines is 1. The summed E-state index contributed by atoms with van der Waals surface area (Å²) in [4.78, 5) is 27.9. The lowest BCUT2D eigenvalue weighted by atomic mass is 10.2. The zero-order chi connectivity index (χ0) is 16.5. The predicted octanol–water partition coefficient (Wildman–Crippen LogP) is 1.81. The van der Waals surface area contributed by atoms with Crippen molar-refractivity contribution in [3.63, 3.8) is 0 Å². The fraction of sp³-hybridized carbons (Fsp3) is 0.0588. The van der Waals surface area contributed by atoms with Crippen molar-refractivity contribution in [2.75, 3.05) is 5.73 Å². The Labute approximate surface area is 136 Å². The standard InChI is InChI=1S/C17H14N6O/c18-14-13-16(22-15(21-14)12-7-4-8-19-9-12)23(17(24)20-13)10-11-5-2-1-3-6-11/h1-9H,10H2,(H,20,24)(H2,18,21,22). The molecule has 3 N–H and O–H groups in total. The van der Waals surface area contributed by atoms with Crippen LogP contribution >= 0.6 is 0 Å². The van der Waals surface area contributed by atoms with E-state index >= 15 is 0 Å². The topological polar surface area (TPSA) is 102 Å². The summed E-state index contributed by atoms with van der Waals surface area (Å²) in [7, 11) is 0. The largest absolute Gasteiger partial charge is 0.382 e. The van der Waals surface area contributed by atoms with Crippen LogP contribution < -0.4 is 11.4 Å². The van der Waals surface area contributed by atoms with Crippen molar-refractivity contribution in [2.45, 2.75) is 6.54 Å². The Morgan fingerprint density at radius 2 is 1.92 bits per heavy atom. The van der Waals surface area contributed by atoms with Gasteiger partial charge in [-0.1, -0.05) is 30.3 Å². The van der Waals surface area contributed by atoms with Crippen LogP contribution in [0, 0.1) is 0 Å². The molecule has 7 nitrogen and oxygen atoms in total. The molecule has 1 aromatic carbocycles. The van der Waals surface area contributed by atoms with Gasteiger partial charge < -0.3 is 10.7 Å². The van der Waals surface area contributed by atoms with Crippen LogP contribution in [0.4, 0.5) is 5.82 Å². The highest BCUT2D eigenvalue weighted by Gasteiger charge is 2.15. The first-order valence-electron chi connectivity index (χ1n) is 7.43. The molecule has 0 radical (unpaired) electrons. The van der Waals surface area contributed by atoms with Crippen LogP contribution in [0.2, 0.25) is 0 Å². The predicted molar refractivity (Wildman–Crippen MR) is 91.3 cm³/mol. The molecule has 0 saturated carbocycles. The molecule has 4 rings (SSSR count). The number of hydrogen-bond donors (Lipinski definition) is 2. The van der Waals surface area contributed by atoms with E-state index in [1.807, 2.05) is 36.4 Å². The van der Waals surface area contributed by atoms with E-state index < -0.39 is 0 Å². The van der Waals surface area contributed by atoms with Gasteiger partial charge in [-0.15, -0.1) is 0 Å². The van der Waals surface area contributed by atoms with Crippen LogP contribution in [-0.2, 0) is 6.54 Å². The number of anilines is 1. The molecule has 0 aliphatic heterocycles. The summed E-state index contributed by atoms with van der Waals surface area (Å²) in [5.41, 5.74) is 8.42. The second kappa shape index (κ2) is 5.62. The Morgan fingerprint density at radius 1 is 1.08 bits per heavy atom. The van der Waals surface area contributed by atoms with Crippen molar-refractivity contribution in [3.8, 4) is 11.4 Å². The lowest BCUT2D eigenvalue weighted by Crippen LogP contribution is -2.17. The number of nitrogens with zero attached hydrogens (tertiary/aromatic N) is 4. The number of aromatic nitrogens is 5. The monoisotopic (exact) mass is 318 g/mol. The highest BCUT2D eigenvalue weighted by Crippen LogP contribution is 2.21. The molecule has 0 bridgehead atoms. The zero-order valence-electron chi connectivity index (χ0n) is 12.7. The summed E-state index contributed by atoms with van der Waals surface area (Å²) >= 11 is 0. The fourth-order valence-electron chi connectivity index (χ4n) is 2.59. The number of benzene rings is 1. The van der Waals surface area contributed by atoms with Crippen LogP contribution in [0.1, 0.15) is 5.56 Å². The molecule has 24 heavy (non-hydrogen) atoms. The summed E-state index contributed by atoms with van der Waals surface area (Å²) in [5.74, 6) is 0.677. The SMILES string of the molecule is Nc1nc(-c2cccnc2)nc2c1[nH]c(=O)n2Cc1ccccc1. The normalized spacial score (nSPS) is 11.0. The molecule has 0 atom stereocenters. The molecule has 0 aliphatic carbocycles.